The van der Waals surface area contributed by atoms with E-state index in [9.17, 15) is 4.79 Å². The fourth-order valence-electron chi connectivity index (χ4n) is 3.76. The van der Waals surface area contributed by atoms with Gasteiger partial charge in [-0.1, -0.05) is 58.7 Å². The number of ether oxygens (including phenoxy) is 1. The molecule has 0 spiro atoms. The second-order valence-corrected chi connectivity index (χ2v) is 9.46. The molecule has 0 saturated heterocycles. The standard InChI is InChI=1S/C25H35ClO2/c1-18-13-14-23(26)22(19(2)15-18)16-20-9-6-7-10-21(12-8-11-20)17-24(27)28-25(3,4)5/h10,14,16H,1,6-9,11-13,15,17H2,2-5H3. The molecule has 0 aromatic carbocycles. The molecule has 0 fully saturated rings. The van der Waals surface area contributed by atoms with E-state index >= 15 is 0 Å². The average molecular weight is 403 g/mol. The summed E-state index contributed by atoms with van der Waals surface area (Å²) in [6.07, 6.45) is 15.1. The zero-order valence-electron chi connectivity index (χ0n) is 18.0. The van der Waals surface area contributed by atoms with Crippen LogP contribution in [-0.2, 0) is 9.53 Å². The minimum atomic E-state index is -0.422. The molecule has 2 aliphatic rings. The number of allylic oxidation sites excluding steroid dienone is 8. The predicted molar refractivity (Wildman–Crippen MR) is 119 cm³/mol. The first kappa shape index (κ1) is 22.7. The van der Waals surface area contributed by atoms with Gasteiger partial charge in [-0.05, 0) is 84.6 Å². The fraction of sp³-hybridized carbons (Fsp3) is 0.560. The van der Waals surface area contributed by atoms with Crippen molar-refractivity contribution in [1.29, 1.82) is 0 Å². The van der Waals surface area contributed by atoms with Crippen molar-refractivity contribution in [3.63, 3.8) is 0 Å². The van der Waals surface area contributed by atoms with Crippen molar-refractivity contribution < 1.29 is 9.53 Å². The number of hydrogen-bond donors (Lipinski definition) is 0. The molecule has 0 aromatic rings. The average Bonchev–Trinajstić information content (AvgIpc) is 2.64. The molecule has 2 rings (SSSR count). The van der Waals surface area contributed by atoms with Gasteiger partial charge >= 0.3 is 5.97 Å². The molecule has 0 heterocycles. The van der Waals surface area contributed by atoms with Gasteiger partial charge in [-0.3, -0.25) is 4.79 Å². The topological polar surface area (TPSA) is 26.3 Å². The summed E-state index contributed by atoms with van der Waals surface area (Å²) in [7, 11) is 0. The highest BCUT2D eigenvalue weighted by Gasteiger charge is 2.18. The maximum absolute atomic E-state index is 12.2. The Labute approximate surface area is 176 Å². The summed E-state index contributed by atoms with van der Waals surface area (Å²) in [6.45, 7) is 12.0. The molecule has 0 atom stereocenters. The van der Waals surface area contributed by atoms with E-state index in [1.807, 2.05) is 20.8 Å². The minimum absolute atomic E-state index is 0.120. The number of carbonyl (C=O) groups is 1. The molecule has 0 radical (unpaired) electrons. The van der Waals surface area contributed by atoms with Crippen molar-refractivity contribution in [1.82, 2.24) is 0 Å². The fourth-order valence-corrected chi connectivity index (χ4v) is 4.05. The Kier molecular flexibility index (Phi) is 8.37. The lowest BCUT2D eigenvalue weighted by molar-refractivity contribution is -0.153. The van der Waals surface area contributed by atoms with E-state index in [2.05, 4.69) is 31.7 Å². The molecule has 0 saturated carbocycles. The molecule has 3 heteroatoms. The highest BCUT2D eigenvalue weighted by atomic mass is 35.5. The van der Waals surface area contributed by atoms with Crippen molar-refractivity contribution in [3.05, 3.63) is 57.7 Å². The third-order valence-electron chi connectivity index (χ3n) is 5.07. The second-order valence-electron chi connectivity index (χ2n) is 9.05. The zero-order chi connectivity index (χ0) is 20.7. The second kappa shape index (κ2) is 10.3. The molecule has 0 unspecified atom stereocenters. The van der Waals surface area contributed by atoms with E-state index in [1.54, 1.807) is 0 Å². The van der Waals surface area contributed by atoms with Crippen LogP contribution < -0.4 is 0 Å². The monoisotopic (exact) mass is 402 g/mol. The van der Waals surface area contributed by atoms with Crippen LogP contribution in [0.15, 0.2) is 57.7 Å². The van der Waals surface area contributed by atoms with Gasteiger partial charge in [0.25, 0.3) is 0 Å². The van der Waals surface area contributed by atoms with E-state index in [0.29, 0.717) is 6.42 Å². The first-order chi connectivity index (χ1) is 13.1. The molecule has 2 aliphatic carbocycles. The van der Waals surface area contributed by atoms with Gasteiger partial charge in [-0.2, -0.15) is 0 Å². The van der Waals surface area contributed by atoms with Crippen LogP contribution in [0.1, 0.15) is 85.5 Å². The summed E-state index contributed by atoms with van der Waals surface area (Å²) in [4.78, 5) is 12.2. The van der Waals surface area contributed by atoms with Crippen molar-refractivity contribution >= 4 is 17.6 Å². The Hall–Kier alpha value is -1.54. The molecule has 0 amide bonds. The molecular weight excluding hydrogens is 368 g/mol. The lowest BCUT2D eigenvalue weighted by Gasteiger charge is -2.20. The molecule has 28 heavy (non-hydrogen) atoms. The van der Waals surface area contributed by atoms with Gasteiger partial charge in [0, 0.05) is 5.03 Å². The lowest BCUT2D eigenvalue weighted by atomic mass is 9.97. The number of esters is 1. The Morgan fingerprint density at radius 3 is 2.64 bits per heavy atom. The maximum Gasteiger partial charge on any atom is 0.310 e. The highest BCUT2D eigenvalue weighted by molar-refractivity contribution is 6.32. The largest absolute Gasteiger partial charge is 0.460 e. The van der Waals surface area contributed by atoms with Crippen LogP contribution in [0.4, 0.5) is 0 Å². The van der Waals surface area contributed by atoms with Gasteiger partial charge in [0.2, 0.25) is 0 Å². The molecule has 2 nitrogen and oxygen atoms in total. The summed E-state index contributed by atoms with van der Waals surface area (Å²) < 4.78 is 5.48. The molecular formula is C25H35ClO2. The SMILES string of the molecule is C=C1CC=C(Cl)C(C=C2CCCC=C(CC(=O)OC(C)(C)C)CCC2)=C(C)C1. The van der Waals surface area contributed by atoms with E-state index in [0.717, 1.165) is 56.4 Å². The van der Waals surface area contributed by atoms with Crippen molar-refractivity contribution in [2.75, 3.05) is 0 Å². The summed E-state index contributed by atoms with van der Waals surface area (Å²) >= 11 is 6.56. The predicted octanol–water partition coefficient (Wildman–Crippen LogP) is 7.71. The number of rotatable bonds is 3. The summed E-state index contributed by atoms with van der Waals surface area (Å²) in [5.41, 5.74) is 5.95. The molecule has 0 aliphatic heterocycles. The number of hydrogen-bond acceptors (Lipinski definition) is 2. The van der Waals surface area contributed by atoms with Gasteiger partial charge in [0.05, 0.1) is 6.42 Å². The van der Waals surface area contributed by atoms with Gasteiger partial charge in [0.15, 0.2) is 0 Å². The Balaban J connectivity index is 2.03. The van der Waals surface area contributed by atoms with Gasteiger partial charge in [-0.25, -0.2) is 0 Å². The Morgan fingerprint density at radius 2 is 1.93 bits per heavy atom. The summed E-state index contributed by atoms with van der Waals surface area (Å²) in [6, 6.07) is 0. The number of carbonyl (C=O) groups excluding carboxylic acids is 1. The smallest absolute Gasteiger partial charge is 0.310 e. The van der Waals surface area contributed by atoms with Crippen molar-refractivity contribution in [2.24, 2.45) is 0 Å². The van der Waals surface area contributed by atoms with Gasteiger partial charge < -0.3 is 4.74 Å². The van der Waals surface area contributed by atoms with Crippen LogP contribution in [0.25, 0.3) is 0 Å². The maximum atomic E-state index is 12.2. The molecule has 0 N–H and O–H groups in total. The van der Waals surface area contributed by atoms with Crippen LogP contribution in [-0.4, -0.2) is 11.6 Å². The van der Waals surface area contributed by atoms with E-state index in [1.165, 1.54) is 27.9 Å². The first-order valence-corrected chi connectivity index (χ1v) is 10.8. The quantitative estimate of drug-likeness (QED) is 0.356. The number of halogens is 1. The third-order valence-corrected chi connectivity index (χ3v) is 5.43. The zero-order valence-corrected chi connectivity index (χ0v) is 18.8. The van der Waals surface area contributed by atoms with Crippen LogP contribution in [0.2, 0.25) is 0 Å². The van der Waals surface area contributed by atoms with E-state index < -0.39 is 5.60 Å². The Bertz CT molecular complexity index is 726. The normalized spacial score (nSPS) is 21.3. The molecule has 154 valence electrons. The molecule has 0 bridgehead atoms. The van der Waals surface area contributed by atoms with Crippen LogP contribution in [0.3, 0.4) is 0 Å². The van der Waals surface area contributed by atoms with Crippen LogP contribution in [0, 0.1) is 0 Å². The third kappa shape index (κ3) is 7.83. The lowest BCUT2D eigenvalue weighted by Crippen LogP contribution is -2.24. The van der Waals surface area contributed by atoms with Crippen molar-refractivity contribution in [2.45, 2.75) is 91.1 Å². The highest BCUT2D eigenvalue weighted by Crippen LogP contribution is 2.32. The molecule has 0 aromatic heterocycles. The van der Waals surface area contributed by atoms with E-state index in [-0.39, 0.29) is 5.97 Å². The van der Waals surface area contributed by atoms with Crippen LogP contribution >= 0.6 is 11.6 Å². The van der Waals surface area contributed by atoms with Gasteiger partial charge in [0.1, 0.15) is 5.60 Å². The minimum Gasteiger partial charge on any atom is -0.460 e. The first-order valence-electron chi connectivity index (χ1n) is 10.5. The summed E-state index contributed by atoms with van der Waals surface area (Å²) in [5, 5.41) is 0.854. The van der Waals surface area contributed by atoms with Crippen LogP contribution in [0.5, 0.6) is 0 Å². The van der Waals surface area contributed by atoms with E-state index in [4.69, 9.17) is 16.3 Å². The van der Waals surface area contributed by atoms with Crippen molar-refractivity contribution in [3.8, 4) is 0 Å². The van der Waals surface area contributed by atoms with Gasteiger partial charge in [-0.15, -0.1) is 0 Å². The summed E-state index contributed by atoms with van der Waals surface area (Å²) in [5.74, 6) is -0.120. The Morgan fingerprint density at radius 1 is 1.21 bits per heavy atom.